The van der Waals surface area contributed by atoms with E-state index in [1.807, 2.05) is 78.9 Å². The first-order valence-corrected chi connectivity index (χ1v) is 12.9. The molecule has 38 heavy (non-hydrogen) atoms. The summed E-state index contributed by atoms with van der Waals surface area (Å²) >= 11 is 0. The van der Waals surface area contributed by atoms with Crippen molar-refractivity contribution in [1.82, 2.24) is 0 Å². The van der Waals surface area contributed by atoms with Crippen LogP contribution in [0.15, 0.2) is 91.5 Å². The largest absolute Gasteiger partial charge is 0.461 e. The van der Waals surface area contributed by atoms with E-state index in [1.165, 1.54) is 0 Å². The maximum absolute atomic E-state index is 13.0. The summed E-state index contributed by atoms with van der Waals surface area (Å²) in [5.74, 6) is -0.953. The van der Waals surface area contributed by atoms with Crippen LogP contribution in [0.4, 0.5) is 0 Å². The lowest BCUT2D eigenvalue weighted by molar-refractivity contribution is -0.150. The number of benzene rings is 3. The van der Waals surface area contributed by atoms with E-state index in [2.05, 4.69) is 33.4 Å². The molecule has 0 amide bonds. The number of esters is 2. The lowest BCUT2D eigenvalue weighted by atomic mass is 9.83. The van der Waals surface area contributed by atoms with Crippen molar-refractivity contribution in [1.29, 1.82) is 0 Å². The standard InChI is InChI=1S/C32H36O4.CH4O/c1-5-6-17-27(30(33)35-22-24-13-9-7-10-14-24)18-26-19-28(21-29(20-26)32(2,3)4)31(34)36-23-25-15-11-8-12-16-25;1-2/h5,7-16,19-21,27H,1,6,17-18,22-23H2,2-4H3;2H,1H3. The lowest BCUT2D eigenvalue weighted by Gasteiger charge is -2.22. The van der Waals surface area contributed by atoms with Gasteiger partial charge in [0.2, 0.25) is 0 Å². The molecule has 0 aliphatic rings. The SMILES string of the molecule is C=CCCC(Cc1cc(C(=O)OCc2ccccc2)cc(C(C)(C)C)c1)C(=O)OCc1ccccc1.CO. The molecule has 0 aliphatic carbocycles. The van der Waals surface area contributed by atoms with Gasteiger partial charge in [-0.1, -0.05) is 93.6 Å². The molecule has 0 radical (unpaired) electrons. The summed E-state index contributed by atoms with van der Waals surface area (Å²) in [6.07, 6.45) is 3.63. The van der Waals surface area contributed by atoms with Gasteiger partial charge in [0.25, 0.3) is 0 Å². The van der Waals surface area contributed by atoms with E-state index >= 15 is 0 Å². The van der Waals surface area contributed by atoms with Crippen LogP contribution in [0, 0.1) is 5.92 Å². The zero-order chi connectivity index (χ0) is 28.0. The van der Waals surface area contributed by atoms with Gasteiger partial charge in [-0.25, -0.2) is 4.79 Å². The van der Waals surface area contributed by atoms with E-state index in [0.29, 0.717) is 24.8 Å². The molecule has 0 saturated heterocycles. The van der Waals surface area contributed by atoms with Gasteiger partial charge >= 0.3 is 11.9 Å². The van der Waals surface area contributed by atoms with Crippen LogP contribution < -0.4 is 0 Å². The van der Waals surface area contributed by atoms with Crippen molar-refractivity contribution in [2.45, 2.75) is 58.7 Å². The van der Waals surface area contributed by atoms with Crippen LogP contribution in [-0.2, 0) is 39.3 Å². The highest BCUT2D eigenvalue weighted by Gasteiger charge is 2.23. The summed E-state index contributed by atoms with van der Waals surface area (Å²) in [7, 11) is 1.00. The molecule has 0 saturated carbocycles. The van der Waals surface area contributed by atoms with E-state index in [4.69, 9.17) is 14.6 Å². The molecule has 0 aromatic heterocycles. The predicted octanol–water partition coefficient (Wildman–Crippen LogP) is 6.82. The Balaban J connectivity index is 0.00000247. The molecular weight excluding hydrogens is 476 g/mol. The Hall–Kier alpha value is -3.70. The van der Waals surface area contributed by atoms with E-state index in [1.54, 1.807) is 0 Å². The van der Waals surface area contributed by atoms with Crippen LogP contribution in [0.25, 0.3) is 0 Å². The fraction of sp³-hybridized carbons (Fsp3) is 0.333. The van der Waals surface area contributed by atoms with E-state index in [-0.39, 0.29) is 36.5 Å². The summed E-state index contributed by atoms with van der Waals surface area (Å²) in [5, 5.41) is 7.00. The molecule has 0 aliphatic heterocycles. The van der Waals surface area contributed by atoms with Crippen LogP contribution in [-0.4, -0.2) is 24.2 Å². The number of allylic oxidation sites excluding steroid dienone is 1. The molecule has 5 nitrogen and oxygen atoms in total. The molecule has 3 aromatic carbocycles. The summed E-state index contributed by atoms with van der Waals surface area (Å²) < 4.78 is 11.3. The van der Waals surface area contributed by atoms with E-state index < -0.39 is 0 Å². The molecule has 3 aromatic rings. The van der Waals surface area contributed by atoms with Crippen molar-refractivity contribution in [3.8, 4) is 0 Å². The third-order valence-electron chi connectivity index (χ3n) is 6.07. The highest BCUT2D eigenvalue weighted by molar-refractivity contribution is 5.90. The lowest BCUT2D eigenvalue weighted by Crippen LogP contribution is -2.21. The maximum atomic E-state index is 13.0. The van der Waals surface area contributed by atoms with Gasteiger partial charge in [0, 0.05) is 7.11 Å². The second-order valence-corrected chi connectivity index (χ2v) is 10.1. The minimum atomic E-state index is -0.375. The molecule has 5 heteroatoms. The minimum Gasteiger partial charge on any atom is -0.461 e. The second kappa shape index (κ2) is 15.5. The number of aliphatic hydroxyl groups is 1. The van der Waals surface area contributed by atoms with Gasteiger partial charge in [-0.3, -0.25) is 4.79 Å². The highest BCUT2D eigenvalue weighted by Crippen LogP contribution is 2.27. The van der Waals surface area contributed by atoms with Crippen molar-refractivity contribution in [2.75, 3.05) is 7.11 Å². The number of carbonyl (C=O) groups is 2. The number of aliphatic hydroxyl groups excluding tert-OH is 1. The molecule has 0 fully saturated rings. The number of carbonyl (C=O) groups excluding carboxylic acids is 2. The molecule has 3 rings (SSSR count). The normalized spacial score (nSPS) is 11.5. The first-order valence-electron chi connectivity index (χ1n) is 12.9. The first kappa shape index (κ1) is 30.5. The average molecular weight is 517 g/mol. The summed E-state index contributed by atoms with van der Waals surface area (Å²) in [4.78, 5) is 26.0. The van der Waals surface area contributed by atoms with Gasteiger partial charge in [-0.15, -0.1) is 6.58 Å². The molecule has 1 unspecified atom stereocenters. The molecular formula is C33H40O5. The third-order valence-corrected chi connectivity index (χ3v) is 6.07. The first-order chi connectivity index (χ1) is 18.3. The topological polar surface area (TPSA) is 72.8 Å². The summed E-state index contributed by atoms with van der Waals surface area (Å²) in [5.41, 5.74) is 4.14. The quantitative estimate of drug-likeness (QED) is 0.224. The van der Waals surface area contributed by atoms with Gasteiger partial charge in [0.1, 0.15) is 13.2 Å². The number of ether oxygens (including phenoxy) is 2. The van der Waals surface area contributed by atoms with E-state index in [0.717, 1.165) is 29.4 Å². The van der Waals surface area contributed by atoms with Gasteiger partial charge in [0.05, 0.1) is 11.5 Å². The zero-order valence-corrected chi connectivity index (χ0v) is 23.0. The molecule has 1 atom stereocenters. The number of rotatable bonds is 11. The minimum absolute atomic E-state index is 0.172. The van der Waals surface area contributed by atoms with E-state index in [9.17, 15) is 9.59 Å². The Morgan fingerprint density at radius 1 is 0.842 bits per heavy atom. The maximum Gasteiger partial charge on any atom is 0.338 e. The Morgan fingerprint density at radius 2 is 1.39 bits per heavy atom. The Kier molecular flexibility index (Phi) is 12.5. The zero-order valence-electron chi connectivity index (χ0n) is 23.0. The smallest absolute Gasteiger partial charge is 0.338 e. The van der Waals surface area contributed by atoms with Crippen LogP contribution in [0.1, 0.15) is 66.2 Å². The second-order valence-electron chi connectivity index (χ2n) is 10.1. The van der Waals surface area contributed by atoms with Gasteiger partial charge in [0.15, 0.2) is 0 Å². The van der Waals surface area contributed by atoms with Crippen molar-refractivity contribution < 1.29 is 24.2 Å². The van der Waals surface area contributed by atoms with Crippen molar-refractivity contribution in [3.05, 3.63) is 119 Å². The molecule has 0 spiro atoms. The third kappa shape index (κ3) is 9.98. The van der Waals surface area contributed by atoms with Gasteiger partial charge < -0.3 is 14.6 Å². The molecule has 1 N–H and O–H groups in total. The Bertz CT molecular complexity index is 1150. The summed E-state index contributed by atoms with van der Waals surface area (Å²) in [6, 6.07) is 25.1. The van der Waals surface area contributed by atoms with Crippen LogP contribution >= 0.6 is 0 Å². The number of hydrogen-bond acceptors (Lipinski definition) is 5. The summed E-state index contributed by atoms with van der Waals surface area (Å²) in [6.45, 7) is 10.6. The molecule has 202 valence electrons. The van der Waals surface area contributed by atoms with Crippen molar-refractivity contribution in [2.24, 2.45) is 5.92 Å². The van der Waals surface area contributed by atoms with Gasteiger partial charge in [-0.05, 0) is 59.1 Å². The fourth-order valence-electron chi connectivity index (χ4n) is 3.92. The van der Waals surface area contributed by atoms with Gasteiger partial charge in [-0.2, -0.15) is 0 Å². The Labute approximate surface area is 227 Å². The van der Waals surface area contributed by atoms with Crippen LogP contribution in [0.2, 0.25) is 0 Å². The van der Waals surface area contributed by atoms with Crippen LogP contribution in [0.5, 0.6) is 0 Å². The number of hydrogen-bond donors (Lipinski definition) is 1. The highest BCUT2D eigenvalue weighted by atomic mass is 16.5. The average Bonchev–Trinajstić information content (AvgIpc) is 2.94. The van der Waals surface area contributed by atoms with Crippen molar-refractivity contribution in [3.63, 3.8) is 0 Å². The molecule has 0 bridgehead atoms. The fourth-order valence-corrected chi connectivity index (χ4v) is 3.92. The van der Waals surface area contributed by atoms with Crippen LogP contribution in [0.3, 0.4) is 0 Å². The Morgan fingerprint density at radius 3 is 1.92 bits per heavy atom. The predicted molar refractivity (Wildman–Crippen MR) is 152 cm³/mol. The monoisotopic (exact) mass is 516 g/mol. The van der Waals surface area contributed by atoms with Crippen molar-refractivity contribution >= 4 is 11.9 Å². The molecule has 0 heterocycles.